The van der Waals surface area contributed by atoms with Gasteiger partial charge < -0.3 is 34.2 Å². The van der Waals surface area contributed by atoms with E-state index in [4.69, 9.17) is 9.47 Å². The van der Waals surface area contributed by atoms with Crippen molar-refractivity contribution in [3.8, 4) is 0 Å². The molecule has 4 aromatic rings. The van der Waals surface area contributed by atoms with Crippen LogP contribution in [0.15, 0.2) is 121 Å². The molecule has 0 spiro atoms. The Morgan fingerprint density at radius 2 is 0.724 bits per heavy atom. The molecule has 0 radical (unpaired) electrons. The van der Waals surface area contributed by atoms with Gasteiger partial charge in [0.15, 0.2) is 0 Å². The van der Waals surface area contributed by atoms with Crippen LogP contribution in [0.4, 0.5) is 9.59 Å². The minimum absolute atomic E-state index is 0.0137. The first-order valence-corrected chi connectivity index (χ1v) is 19.9. The maximum Gasteiger partial charge on any atom is 0.410 e. The zero-order chi connectivity index (χ0) is 42.1. The highest BCUT2D eigenvalue weighted by Crippen LogP contribution is 2.17. The summed E-state index contributed by atoms with van der Waals surface area (Å²) in [6.45, 7) is 11.8. The zero-order valence-electron chi connectivity index (χ0n) is 34.9. The molecule has 0 aromatic heterocycles. The molecule has 4 amide bonds. The van der Waals surface area contributed by atoms with Crippen LogP contribution in [0.2, 0.25) is 0 Å². The molecule has 4 rings (SSSR count). The molecule has 0 aliphatic heterocycles. The Hall–Kier alpha value is -5.68. The minimum Gasteiger partial charge on any atom is -0.444 e. The molecule has 4 aromatic carbocycles. The van der Waals surface area contributed by atoms with Gasteiger partial charge in [0.05, 0.1) is 6.10 Å². The lowest BCUT2D eigenvalue weighted by molar-refractivity contribution is -0.135. The summed E-state index contributed by atoms with van der Waals surface area (Å²) in [4.78, 5) is 60.9. The summed E-state index contributed by atoms with van der Waals surface area (Å²) in [6, 6.07) is 38.0. The first-order chi connectivity index (χ1) is 27.5. The van der Waals surface area contributed by atoms with E-state index in [-0.39, 0.29) is 77.0 Å². The number of nitrogens with zero attached hydrogens (tertiary/aromatic N) is 4. The molecule has 0 saturated heterocycles. The fourth-order valence-corrected chi connectivity index (χ4v) is 6.19. The van der Waals surface area contributed by atoms with Crippen LogP contribution in [0, 0.1) is 0 Å². The van der Waals surface area contributed by atoms with Crippen molar-refractivity contribution in [3.63, 3.8) is 0 Å². The maximum atomic E-state index is 14.1. The van der Waals surface area contributed by atoms with Gasteiger partial charge in [-0.25, -0.2) is 9.59 Å². The molecular weight excluding hydrogens is 733 g/mol. The Kier molecular flexibility index (Phi) is 16.9. The van der Waals surface area contributed by atoms with Crippen molar-refractivity contribution in [1.82, 2.24) is 19.6 Å². The van der Waals surface area contributed by atoms with Crippen LogP contribution in [0.25, 0.3) is 0 Å². The Labute approximate surface area is 344 Å². The molecule has 0 aliphatic carbocycles. The summed E-state index contributed by atoms with van der Waals surface area (Å²) < 4.78 is 11.4. The Bertz CT molecular complexity index is 1730. The summed E-state index contributed by atoms with van der Waals surface area (Å²) in [7, 11) is 0. The van der Waals surface area contributed by atoms with E-state index < -0.39 is 29.5 Å². The van der Waals surface area contributed by atoms with Crippen LogP contribution >= 0.6 is 0 Å². The molecule has 310 valence electrons. The largest absolute Gasteiger partial charge is 0.444 e. The van der Waals surface area contributed by atoms with Gasteiger partial charge >= 0.3 is 12.2 Å². The van der Waals surface area contributed by atoms with Crippen molar-refractivity contribution in [3.05, 3.63) is 144 Å². The maximum absolute atomic E-state index is 14.1. The van der Waals surface area contributed by atoms with Crippen LogP contribution in [-0.2, 0) is 45.2 Å². The van der Waals surface area contributed by atoms with Crippen LogP contribution in [0.5, 0.6) is 0 Å². The summed E-state index contributed by atoms with van der Waals surface area (Å²) >= 11 is 0. The van der Waals surface area contributed by atoms with Gasteiger partial charge in [0.1, 0.15) is 11.2 Å². The van der Waals surface area contributed by atoms with Crippen LogP contribution < -0.4 is 0 Å². The fraction of sp³-hybridized carbons (Fsp3) is 0.404. The smallest absolute Gasteiger partial charge is 0.410 e. The van der Waals surface area contributed by atoms with Crippen molar-refractivity contribution in [2.24, 2.45) is 0 Å². The first-order valence-electron chi connectivity index (χ1n) is 19.9. The monoisotopic (exact) mass is 792 g/mol. The third-order valence-corrected chi connectivity index (χ3v) is 8.93. The van der Waals surface area contributed by atoms with Crippen LogP contribution in [0.3, 0.4) is 0 Å². The molecule has 0 fully saturated rings. The van der Waals surface area contributed by atoms with Crippen LogP contribution in [-0.4, -0.2) is 92.2 Å². The minimum atomic E-state index is -1.11. The summed E-state index contributed by atoms with van der Waals surface area (Å²) in [6.07, 6.45) is -2.19. The zero-order valence-corrected chi connectivity index (χ0v) is 34.9. The molecule has 0 atom stereocenters. The van der Waals surface area contributed by atoms with Crippen LogP contribution in [0.1, 0.15) is 76.6 Å². The number of carbonyl (C=O) groups is 4. The van der Waals surface area contributed by atoms with Gasteiger partial charge in [0, 0.05) is 65.2 Å². The summed E-state index contributed by atoms with van der Waals surface area (Å²) in [5, 5.41) is 11.7. The fourth-order valence-electron chi connectivity index (χ4n) is 6.19. The molecule has 1 N–H and O–H groups in total. The Morgan fingerprint density at radius 3 is 0.983 bits per heavy atom. The molecular formula is C47H60N4O7. The van der Waals surface area contributed by atoms with Gasteiger partial charge in [0.25, 0.3) is 0 Å². The van der Waals surface area contributed by atoms with E-state index in [2.05, 4.69) is 0 Å². The molecule has 0 heterocycles. The predicted octanol–water partition coefficient (Wildman–Crippen LogP) is 8.06. The number of rotatable bonds is 18. The van der Waals surface area contributed by atoms with Crippen molar-refractivity contribution in [2.45, 2.75) is 97.9 Å². The molecule has 11 heteroatoms. The van der Waals surface area contributed by atoms with Crippen molar-refractivity contribution < 1.29 is 33.8 Å². The van der Waals surface area contributed by atoms with E-state index >= 15 is 0 Å². The Morgan fingerprint density at radius 1 is 0.466 bits per heavy atom. The van der Waals surface area contributed by atoms with Crippen molar-refractivity contribution in [2.75, 3.05) is 26.2 Å². The number of amides is 4. The number of hydrogen-bond donors (Lipinski definition) is 1. The number of aliphatic hydroxyl groups excluding tert-OH is 1. The number of aliphatic hydroxyl groups is 1. The number of hydrogen-bond acceptors (Lipinski definition) is 7. The van der Waals surface area contributed by atoms with E-state index in [1.165, 1.54) is 9.80 Å². The second-order valence-electron chi connectivity index (χ2n) is 16.4. The van der Waals surface area contributed by atoms with E-state index in [0.717, 1.165) is 22.3 Å². The molecule has 11 nitrogen and oxygen atoms in total. The van der Waals surface area contributed by atoms with Crippen molar-refractivity contribution >= 4 is 24.0 Å². The normalized spacial score (nSPS) is 11.4. The molecule has 0 bridgehead atoms. The third-order valence-electron chi connectivity index (χ3n) is 8.93. The highest BCUT2D eigenvalue weighted by Gasteiger charge is 2.28. The molecule has 58 heavy (non-hydrogen) atoms. The lowest BCUT2D eigenvalue weighted by atomic mass is 10.1. The summed E-state index contributed by atoms with van der Waals surface area (Å²) in [5.41, 5.74) is 2.09. The summed E-state index contributed by atoms with van der Waals surface area (Å²) in [5.74, 6) is -0.529. The van der Waals surface area contributed by atoms with Gasteiger partial charge in [-0.3, -0.25) is 9.59 Å². The van der Waals surface area contributed by atoms with Crippen molar-refractivity contribution in [1.29, 1.82) is 0 Å². The third kappa shape index (κ3) is 16.4. The first kappa shape index (κ1) is 45.0. The Balaban J connectivity index is 1.51. The standard InChI is InChI=1S/C47H60N4O7/c1-46(2,3)57-44(55)48(31-37-19-11-7-12-20-37)29-27-42(53)50(33-39-23-15-9-16-24-39)35-41(52)36-51(34-40-25-17-10-18-26-40)43(54)28-30-49(45(56)58-47(4,5)6)32-38-21-13-8-14-22-38/h7-26,41,52H,27-36H2,1-6H3. The highest BCUT2D eigenvalue weighted by molar-refractivity contribution is 5.78. The van der Waals surface area contributed by atoms with E-state index in [0.29, 0.717) is 0 Å². The highest BCUT2D eigenvalue weighted by atomic mass is 16.6. The topological polar surface area (TPSA) is 120 Å². The van der Waals surface area contributed by atoms with Gasteiger partial charge in [-0.2, -0.15) is 0 Å². The lowest BCUT2D eigenvalue weighted by Crippen LogP contribution is -2.45. The number of benzene rings is 4. The molecule has 0 saturated carbocycles. The van der Waals surface area contributed by atoms with Gasteiger partial charge in [0.2, 0.25) is 11.8 Å². The predicted molar refractivity (Wildman–Crippen MR) is 225 cm³/mol. The van der Waals surface area contributed by atoms with E-state index in [1.807, 2.05) is 121 Å². The number of carbonyl (C=O) groups excluding carboxylic acids is 4. The van der Waals surface area contributed by atoms with E-state index in [9.17, 15) is 24.3 Å². The molecule has 0 aliphatic rings. The van der Waals surface area contributed by atoms with Gasteiger partial charge in [-0.1, -0.05) is 121 Å². The quantitative estimate of drug-likeness (QED) is 0.108. The average molecular weight is 793 g/mol. The second-order valence-corrected chi connectivity index (χ2v) is 16.4. The average Bonchev–Trinajstić information content (AvgIpc) is 3.17. The number of ether oxygens (including phenoxy) is 2. The van der Waals surface area contributed by atoms with Gasteiger partial charge in [-0.15, -0.1) is 0 Å². The second kappa shape index (κ2) is 21.7. The SMILES string of the molecule is CC(C)(C)OC(=O)N(CCC(=O)N(Cc1ccccc1)CC(O)CN(Cc1ccccc1)C(=O)CCN(Cc1ccccc1)C(=O)OC(C)(C)C)Cc1ccccc1. The lowest BCUT2D eigenvalue weighted by Gasteiger charge is -2.32. The van der Waals surface area contributed by atoms with E-state index in [1.54, 1.807) is 51.3 Å². The molecule has 0 unspecified atom stereocenters. The van der Waals surface area contributed by atoms with Gasteiger partial charge in [-0.05, 0) is 63.8 Å².